The lowest BCUT2D eigenvalue weighted by Crippen LogP contribution is -1.85. The van der Waals surface area contributed by atoms with E-state index >= 15 is 0 Å². The minimum Gasteiger partial charge on any atom is -0.143 e. The molecule has 0 aliphatic rings. The van der Waals surface area contributed by atoms with E-state index in [1.165, 1.54) is 0 Å². The molecular weight excluding hydrogens is 260 g/mol. The largest absolute Gasteiger partial charge is 0.151 e. The predicted molar refractivity (Wildman–Crippen MR) is 55.8 cm³/mol. The third-order valence-electron chi connectivity index (χ3n) is 0.984. The summed E-state index contributed by atoms with van der Waals surface area (Å²) in [6, 6.07) is 3.55. The number of thioether (sulfide) groups is 1. The molecule has 0 atom stereocenters. The van der Waals surface area contributed by atoms with Crippen molar-refractivity contribution in [3.05, 3.63) is 28.3 Å². The Morgan fingerprint density at radius 3 is 2.83 bits per heavy atom. The van der Waals surface area contributed by atoms with Crippen molar-refractivity contribution >= 4 is 39.3 Å². The van der Waals surface area contributed by atoms with Crippen molar-refractivity contribution in [2.45, 2.75) is 5.03 Å². The van der Waals surface area contributed by atoms with Crippen LogP contribution in [0.25, 0.3) is 0 Å². The molecule has 0 aliphatic heterocycles. The Morgan fingerprint density at radius 2 is 2.33 bits per heavy atom. The van der Waals surface area contributed by atoms with Gasteiger partial charge in [0.05, 0.1) is 0 Å². The molecule has 0 radical (unpaired) electrons. The average molecular weight is 266 g/mol. The molecule has 1 heterocycles. The third-order valence-corrected chi connectivity index (χ3v) is 2.84. The quantitative estimate of drug-likeness (QED) is 0.785. The molecule has 0 saturated heterocycles. The van der Waals surface area contributed by atoms with Crippen LogP contribution in [0.2, 0.25) is 5.15 Å². The molecule has 1 aromatic rings. The highest BCUT2D eigenvalue weighted by molar-refractivity contribution is 9.11. The molecule has 0 aliphatic carbocycles. The van der Waals surface area contributed by atoms with Gasteiger partial charge in [-0.15, -0.1) is 10.2 Å². The van der Waals surface area contributed by atoms with Crippen molar-refractivity contribution in [2.24, 2.45) is 0 Å². The van der Waals surface area contributed by atoms with E-state index in [1.807, 2.05) is 6.07 Å². The first kappa shape index (κ1) is 10.0. The molecule has 0 bridgehead atoms. The van der Waals surface area contributed by atoms with E-state index in [4.69, 9.17) is 11.6 Å². The Labute approximate surface area is 88.5 Å². The summed E-state index contributed by atoms with van der Waals surface area (Å²) in [4.78, 5) is 0. The van der Waals surface area contributed by atoms with Gasteiger partial charge in [0.15, 0.2) is 5.15 Å². The molecule has 0 N–H and O–H groups in total. The zero-order valence-electron chi connectivity index (χ0n) is 6.13. The molecule has 64 valence electrons. The van der Waals surface area contributed by atoms with Crippen LogP contribution in [-0.4, -0.2) is 16.0 Å². The Morgan fingerprint density at radius 1 is 1.58 bits per heavy atom. The molecule has 1 aromatic heterocycles. The van der Waals surface area contributed by atoms with Gasteiger partial charge in [-0.1, -0.05) is 45.9 Å². The summed E-state index contributed by atoms with van der Waals surface area (Å²) in [5.74, 6) is 0.788. The van der Waals surface area contributed by atoms with Crippen LogP contribution in [0, 0.1) is 0 Å². The summed E-state index contributed by atoms with van der Waals surface area (Å²) in [6.07, 6.45) is 0. The van der Waals surface area contributed by atoms with Crippen LogP contribution in [0.4, 0.5) is 0 Å². The summed E-state index contributed by atoms with van der Waals surface area (Å²) in [6.45, 7) is 3.71. The first-order chi connectivity index (χ1) is 5.68. The number of aromatic nitrogens is 2. The van der Waals surface area contributed by atoms with Crippen LogP contribution in [-0.2, 0) is 0 Å². The van der Waals surface area contributed by atoms with Crippen LogP contribution in [0.15, 0.2) is 28.2 Å². The fraction of sp³-hybridized carbons (Fsp3) is 0.143. The van der Waals surface area contributed by atoms with E-state index in [0.717, 1.165) is 15.3 Å². The molecule has 0 aromatic carbocycles. The van der Waals surface area contributed by atoms with Crippen LogP contribution in [0.5, 0.6) is 0 Å². The molecule has 1 rings (SSSR count). The maximum Gasteiger partial charge on any atom is 0.151 e. The van der Waals surface area contributed by atoms with Crippen LogP contribution < -0.4 is 0 Å². The van der Waals surface area contributed by atoms with Gasteiger partial charge in [0.1, 0.15) is 5.03 Å². The van der Waals surface area contributed by atoms with Crippen molar-refractivity contribution in [2.75, 3.05) is 5.75 Å². The molecule has 2 nitrogen and oxygen atoms in total. The summed E-state index contributed by atoms with van der Waals surface area (Å²) in [5.41, 5.74) is 0. The van der Waals surface area contributed by atoms with Gasteiger partial charge in [0.25, 0.3) is 0 Å². The Kier molecular flexibility index (Phi) is 4.05. The van der Waals surface area contributed by atoms with Crippen molar-refractivity contribution < 1.29 is 0 Å². The summed E-state index contributed by atoms with van der Waals surface area (Å²) < 4.78 is 0.934. The van der Waals surface area contributed by atoms with Crippen LogP contribution >= 0.6 is 39.3 Å². The molecule has 0 spiro atoms. The van der Waals surface area contributed by atoms with Crippen LogP contribution in [0.3, 0.4) is 0 Å². The highest BCUT2D eigenvalue weighted by Crippen LogP contribution is 2.19. The van der Waals surface area contributed by atoms with Gasteiger partial charge in [-0.2, -0.15) is 0 Å². The second kappa shape index (κ2) is 4.84. The minimum atomic E-state index is 0.414. The Hall–Kier alpha value is -0.0600. The number of hydrogen-bond donors (Lipinski definition) is 0. The fourth-order valence-corrected chi connectivity index (χ4v) is 1.54. The van der Waals surface area contributed by atoms with Gasteiger partial charge >= 0.3 is 0 Å². The average Bonchev–Trinajstić information content (AvgIpc) is 2.03. The van der Waals surface area contributed by atoms with E-state index in [9.17, 15) is 0 Å². The second-order valence-corrected chi connectivity index (χ2v) is 4.50. The Balaban J connectivity index is 2.53. The zero-order valence-corrected chi connectivity index (χ0v) is 9.29. The molecule has 0 unspecified atom stereocenters. The standard InChI is InChI=1S/C7H6BrClN2S/c1-5(8)4-12-7-3-2-6(9)10-11-7/h2-3H,1,4H2. The highest BCUT2D eigenvalue weighted by Gasteiger charge is 1.96. The van der Waals surface area contributed by atoms with Crippen molar-refractivity contribution in [1.29, 1.82) is 0 Å². The first-order valence-electron chi connectivity index (χ1n) is 3.14. The highest BCUT2D eigenvalue weighted by atomic mass is 79.9. The molecule has 5 heteroatoms. The van der Waals surface area contributed by atoms with Gasteiger partial charge in [0.2, 0.25) is 0 Å². The van der Waals surface area contributed by atoms with Crippen LogP contribution in [0.1, 0.15) is 0 Å². The van der Waals surface area contributed by atoms with E-state index in [1.54, 1.807) is 17.8 Å². The summed E-state index contributed by atoms with van der Waals surface area (Å²) in [7, 11) is 0. The lowest BCUT2D eigenvalue weighted by atomic mass is 10.6. The predicted octanol–water partition coefficient (Wildman–Crippen LogP) is 3.13. The van der Waals surface area contributed by atoms with Gasteiger partial charge in [0, 0.05) is 5.75 Å². The topological polar surface area (TPSA) is 25.8 Å². The van der Waals surface area contributed by atoms with Crippen molar-refractivity contribution in [1.82, 2.24) is 10.2 Å². The van der Waals surface area contributed by atoms with Gasteiger partial charge < -0.3 is 0 Å². The van der Waals surface area contributed by atoms with Gasteiger partial charge in [-0.05, 0) is 16.6 Å². The van der Waals surface area contributed by atoms with Crippen molar-refractivity contribution in [3.63, 3.8) is 0 Å². The lowest BCUT2D eigenvalue weighted by molar-refractivity contribution is 0.931. The molecule has 12 heavy (non-hydrogen) atoms. The van der Waals surface area contributed by atoms with Gasteiger partial charge in [-0.3, -0.25) is 0 Å². The Bertz CT molecular complexity index is 275. The first-order valence-corrected chi connectivity index (χ1v) is 5.29. The third kappa shape index (κ3) is 3.56. The smallest absolute Gasteiger partial charge is 0.143 e. The number of nitrogens with zero attached hydrogens (tertiary/aromatic N) is 2. The monoisotopic (exact) mass is 264 g/mol. The maximum atomic E-state index is 5.56. The minimum absolute atomic E-state index is 0.414. The summed E-state index contributed by atoms with van der Waals surface area (Å²) >= 11 is 10.4. The lowest BCUT2D eigenvalue weighted by Gasteiger charge is -1.96. The number of halogens is 2. The maximum absolute atomic E-state index is 5.56. The second-order valence-electron chi connectivity index (χ2n) is 2.00. The van der Waals surface area contributed by atoms with E-state index in [0.29, 0.717) is 5.15 Å². The molecule has 0 saturated carbocycles. The molecular formula is C7H6BrClN2S. The van der Waals surface area contributed by atoms with Crippen molar-refractivity contribution in [3.8, 4) is 0 Å². The van der Waals surface area contributed by atoms with E-state index < -0.39 is 0 Å². The fourth-order valence-electron chi connectivity index (χ4n) is 0.533. The normalized spacial score (nSPS) is 9.83. The number of rotatable bonds is 3. The zero-order chi connectivity index (χ0) is 8.97. The SMILES string of the molecule is C=C(Br)CSc1ccc(Cl)nn1. The van der Waals surface area contributed by atoms with E-state index in [2.05, 4.69) is 32.7 Å². The van der Waals surface area contributed by atoms with E-state index in [-0.39, 0.29) is 0 Å². The molecule has 0 fully saturated rings. The number of hydrogen-bond acceptors (Lipinski definition) is 3. The van der Waals surface area contributed by atoms with Gasteiger partial charge in [-0.25, -0.2) is 0 Å². The summed E-state index contributed by atoms with van der Waals surface area (Å²) in [5, 5.41) is 8.84. The molecule has 0 amide bonds.